The molecule has 3 saturated carbocycles. The van der Waals surface area contributed by atoms with Crippen LogP contribution in [0, 0.1) is 34.5 Å². The van der Waals surface area contributed by atoms with Crippen molar-refractivity contribution in [1.82, 2.24) is 0 Å². The summed E-state index contributed by atoms with van der Waals surface area (Å²) in [6, 6.07) is 0. The van der Waals surface area contributed by atoms with Crippen LogP contribution in [0.15, 0.2) is 11.6 Å². The quantitative estimate of drug-likeness (QED) is 0.752. The van der Waals surface area contributed by atoms with Crippen LogP contribution in [0.4, 0.5) is 0 Å². The van der Waals surface area contributed by atoms with Crippen molar-refractivity contribution < 1.29 is 14.4 Å². The Hall–Kier alpha value is -1.25. The molecule has 3 nitrogen and oxygen atoms in total. The number of Topliss-reactive ketones (excluding diaryl/α,β-unsaturated/α-hetero) is 2. The highest BCUT2D eigenvalue weighted by atomic mass is 16.1. The second-order valence-corrected chi connectivity index (χ2v) is 9.64. The van der Waals surface area contributed by atoms with E-state index in [2.05, 4.69) is 13.8 Å². The lowest BCUT2D eigenvalue weighted by molar-refractivity contribution is -0.133. The van der Waals surface area contributed by atoms with Crippen molar-refractivity contribution in [3.8, 4) is 0 Å². The minimum absolute atomic E-state index is 0.130. The first-order chi connectivity index (χ1) is 11.8. The van der Waals surface area contributed by atoms with Crippen LogP contribution in [-0.2, 0) is 14.4 Å². The molecular weight excluding hydrogens is 312 g/mol. The third-order valence-corrected chi connectivity index (χ3v) is 8.36. The van der Waals surface area contributed by atoms with Crippen LogP contribution in [0.3, 0.4) is 0 Å². The number of carbonyl (C=O) groups excluding carboxylic acids is 3. The van der Waals surface area contributed by atoms with Crippen molar-refractivity contribution >= 4 is 17.3 Å². The molecule has 0 unspecified atom stereocenters. The number of allylic oxidation sites excluding steroid dienone is 1. The van der Waals surface area contributed by atoms with Gasteiger partial charge in [-0.1, -0.05) is 19.4 Å². The van der Waals surface area contributed by atoms with Gasteiger partial charge in [-0.2, -0.15) is 0 Å². The van der Waals surface area contributed by atoms with Gasteiger partial charge in [0.05, 0.1) is 0 Å². The number of fused-ring (bicyclic) bond motifs is 5. The van der Waals surface area contributed by atoms with Crippen molar-refractivity contribution in [1.29, 1.82) is 0 Å². The molecule has 4 aliphatic rings. The predicted octanol–water partition coefficient (Wildman–Crippen LogP) is 4.29. The van der Waals surface area contributed by atoms with Gasteiger partial charge in [-0.15, -0.1) is 0 Å². The van der Waals surface area contributed by atoms with Crippen LogP contribution in [0.5, 0.6) is 0 Å². The van der Waals surface area contributed by atoms with Gasteiger partial charge in [0.25, 0.3) is 0 Å². The average molecular weight is 342 g/mol. The van der Waals surface area contributed by atoms with Gasteiger partial charge in [0.1, 0.15) is 11.6 Å². The maximum absolute atomic E-state index is 12.8. The molecule has 0 amide bonds. The molecule has 3 heteroatoms. The highest BCUT2D eigenvalue weighted by molar-refractivity contribution is 5.92. The average Bonchev–Trinajstić information content (AvgIpc) is 2.78. The van der Waals surface area contributed by atoms with Crippen molar-refractivity contribution in [2.24, 2.45) is 34.5 Å². The molecule has 0 aromatic heterocycles. The van der Waals surface area contributed by atoms with Gasteiger partial charge in [0, 0.05) is 24.7 Å². The van der Waals surface area contributed by atoms with Gasteiger partial charge < -0.3 is 4.79 Å². The lowest BCUT2D eigenvalue weighted by Gasteiger charge is -2.57. The SMILES string of the molecule is CC(=O)C[C@H]1CC(=O)[C@@]2(C)CC[C@H]3[C@@H](CCC4=CC(=O)CC[C@@]43C)[C@H]12. The zero-order valence-electron chi connectivity index (χ0n) is 15.8. The first kappa shape index (κ1) is 17.2. The molecule has 25 heavy (non-hydrogen) atoms. The first-order valence-electron chi connectivity index (χ1n) is 10.0. The molecule has 0 aromatic rings. The summed E-state index contributed by atoms with van der Waals surface area (Å²) in [5.41, 5.74) is 1.27. The summed E-state index contributed by atoms with van der Waals surface area (Å²) in [5, 5.41) is 0. The standard InChI is InChI=1S/C22H30O3/c1-13(23)10-14-11-19(25)22(3)9-7-18-17(20(14)22)5-4-15-12-16(24)6-8-21(15,18)2/h12,14,17-18,20H,4-11H2,1-3H3/t14-,17+,18-,20-,21-,22+/m0/s1. The normalized spacial score (nSPS) is 46.1. The van der Waals surface area contributed by atoms with E-state index in [1.165, 1.54) is 5.57 Å². The summed E-state index contributed by atoms with van der Waals surface area (Å²) < 4.78 is 0. The topological polar surface area (TPSA) is 51.2 Å². The van der Waals surface area contributed by atoms with Gasteiger partial charge >= 0.3 is 0 Å². The summed E-state index contributed by atoms with van der Waals surface area (Å²) in [6.45, 7) is 6.20. The van der Waals surface area contributed by atoms with Crippen LogP contribution in [-0.4, -0.2) is 17.3 Å². The van der Waals surface area contributed by atoms with Crippen molar-refractivity contribution in [3.05, 3.63) is 11.6 Å². The van der Waals surface area contributed by atoms with Crippen LogP contribution >= 0.6 is 0 Å². The van der Waals surface area contributed by atoms with E-state index in [0.29, 0.717) is 42.8 Å². The maximum Gasteiger partial charge on any atom is 0.155 e. The van der Waals surface area contributed by atoms with E-state index in [9.17, 15) is 14.4 Å². The largest absolute Gasteiger partial charge is 0.300 e. The van der Waals surface area contributed by atoms with E-state index in [1.807, 2.05) is 6.08 Å². The molecule has 0 saturated heterocycles. The lowest BCUT2D eigenvalue weighted by Crippen LogP contribution is -2.51. The van der Waals surface area contributed by atoms with Crippen LogP contribution < -0.4 is 0 Å². The van der Waals surface area contributed by atoms with Gasteiger partial charge in [-0.05, 0) is 74.2 Å². The number of carbonyl (C=O) groups is 3. The molecule has 0 bridgehead atoms. The molecule has 0 spiro atoms. The van der Waals surface area contributed by atoms with Crippen LogP contribution in [0.25, 0.3) is 0 Å². The number of hydrogen-bond donors (Lipinski definition) is 0. The molecule has 0 radical (unpaired) electrons. The molecular formula is C22H30O3. The van der Waals surface area contributed by atoms with Gasteiger partial charge in [-0.25, -0.2) is 0 Å². The number of rotatable bonds is 2. The van der Waals surface area contributed by atoms with E-state index < -0.39 is 0 Å². The fraction of sp³-hybridized carbons (Fsp3) is 0.773. The molecule has 136 valence electrons. The minimum Gasteiger partial charge on any atom is -0.300 e. The van der Waals surface area contributed by atoms with Crippen LogP contribution in [0.2, 0.25) is 0 Å². The first-order valence-corrected chi connectivity index (χ1v) is 10.0. The highest BCUT2D eigenvalue weighted by Gasteiger charge is 2.61. The van der Waals surface area contributed by atoms with Crippen molar-refractivity contribution in [2.75, 3.05) is 0 Å². The summed E-state index contributed by atoms with van der Waals surface area (Å²) in [7, 11) is 0. The fourth-order valence-corrected chi connectivity index (χ4v) is 7.17. The molecule has 0 aliphatic heterocycles. The van der Waals surface area contributed by atoms with E-state index in [4.69, 9.17) is 0 Å². The molecule has 4 aliphatic carbocycles. The summed E-state index contributed by atoms with van der Waals surface area (Å²) in [5.74, 6) is 2.60. The lowest BCUT2D eigenvalue weighted by atomic mass is 9.46. The Morgan fingerprint density at radius 2 is 1.88 bits per heavy atom. The number of ketones is 3. The third kappa shape index (κ3) is 2.41. The smallest absolute Gasteiger partial charge is 0.155 e. The Morgan fingerprint density at radius 3 is 2.60 bits per heavy atom. The zero-order chi connectivity index (χ0) is 18.0. The summed E-state index contributed by atoms with van der Waals surface area (Å²) >= 11 is 0. The Morgan fingerprint density at radius 1 is 1.12 bits per heavy atom. The molecule has 0 heterocycles. The molecule has 0 aromatic carbocycles. The van der Waals surface area contributed by atoms with Crippen molar-refractivity contribution in [3.63, 3.8) is 0 Å². The zero-order valence-corrected chi connectivity index (χ0v) is 15.8. The molecule has 3 fully saturated rings. The Labute approximate surface area is 150 Å². The minimum atomic E-state index is -0.219. The van der Waals surface area contributed by atoms with E-state index in [0.717, 1.165) is 32.1 Å². The third-order valence-electron chi connectivity index (χ3n) is 8.36. The van der Waals surface area contributed by atoms with Crippen molar-refractivity contribution in [2.45, 2.75) is 72.1 Å². The van der Waals surface area contributed by atoms with E-state index >= 15 is 0 Å². The van der Waals surface area contributed by atoms with Gasteiger partial charge in [0.2, 0.25) is 0 Å². The van der Waals surface area contributed by atoms with Gasteiger partial charge in [0.15, 0.2) is 5.78 Å². The predicted molar refractivity (Wildman–Crippen MR) is 95.9 cm³/mol. The maximum atomic E-state index is 12.8. The Bertz CT molecular complexity index is 675. The monoisotopic (exact) mass is 342 g/mol. The summed E-state index contributed by atoms with van der Waals surface area (Å²) in [6.07, 6.45) is 8.86. The fourth-order valence-electron chi connectivity index (χ4n) is 7.17. The van der Waals surface area contributed by atoms with Gasteiger partial charge in [-0.3, -0.25) is 9.59 Å². The molecule has 6 atom stereocenters. The summed E-state index contributed by atoms with van der Waals surface area (Å²) in [4.78, 5) is 36.6. The van der Waals surface area contributed by atoms with Crippen LogP contribution in [0.1, 0.15) is 72.1 Å². The highest BCUT2D eigenvalue weighted by Crippen LogP contribution is 2.65. The molecule has 4 rings (SSSR count). The Kier molecular flexibility index (Phi) is 3.86. The van der Waals surface area contributed by atoms with E-state index in [-0.39, 0.29) is 28.3 Å². The Balaban J connectivity index is 1.71. The molecule has 0 N–H and O–H groups in total. The number of hydrogen-bond acceptors (Lipinski definition) is 3. The second-order valence-electron chi connectivity index (χ2n) is 9.64. The second kappa shape index (κ2) is 5.62. The van der Waals surface area contributed by atoms with E-state index in [1.54, 1.807) is 6.92 Å².